The van der Waals surface area contributed by atoms with Crippen molar-refractivity contribution in [2.24, 2.45) is 0 Å². The Morgan fingerprint density at radius 3 is 2.47 bits per heavy atom. The van der Waals surface area contributed by atoms with Gasteiger partial charge in [-0.25, -0.2) is 18.0 Å². The Bertz CT molecular complexity index is 1330. The van der Waals surface area contributed by atoms with E-state index in [1.165, 1.54) is 0 Å². The molecule has 1 atom stereocenters. The van der Waals surface area contributed by atoms with Gasteiger partial charge < -0.3 is 15.4 Å². The van der Waals surface area contributed by atoms with E-state index in [2.05, 4.69) is 10.3 Å². The third-order valence-corrected chi connectivity index (χ3v) is 4.70. The number of aromatic amines is 1. The fourth-order valence-electron chi connectivity index (χ4n) is 2.88. The molecule has 3 aromatic rings. The lowest BCUT2D eigenvalue weighted by atomic mass is 10.1. The molecule has 30 heavy (non-hydrogen) atoms. The summed E-state index contributed by atoms with van der Waals surface area (Å²) in [6, 6.07) is 10.0. The van der Waals surface area contributed by atoms with E-state index in [-0.39, 0.29) is 21.3 Å². The Morgan fingerprint density at radius 1 is 1.23 bits per heavy atom. The molecule has 1 heterocycles. The van der Waals surface area contributed by atoms with Crippen LogP contribution in [0, 0.1) is 10.1 Å². The summed E-state index contributed by atoms with van der Waals surface area (Å²) < 4.78 is 23.1. The number of sulfonamides is 1. The average Bonchev–Trinajstić information content (AvgIpc) is 2.69. The van der Waals surface area contributed by atoms with Crippen LogP contribution in [0.1, 0.15) is 11.6 Å². The van der Waals surface area contributed by atoms with E-state index in [9.17, 15) is 33.2 Å². The summed E-state index contributed by atoms with van der Waals surface area (Å²) in [6.45, 7) is -0.398. The zero-order valence-corrected chi connectivity index (χ0v) is 16.3. The van der Waals surface area contributed by atoms with Gasteiger partial charge in [0.25, 0.3) is 11.2 Å². The van der Waals surface area contributed by atoms with Crippen molar-refractivity contribution < 1.29 is 18.4 Å². The second-order valence-electron chi connectivity index (χ2n) is 6.40. The van der Waals surface area contributed by atoms with E-state index in [1.54, 1.807) is 35.2 Å². The smallest absolute Gasteiger partial charge is 0.348 e. The summed E-state index contributed by atoms with van der Waals surface area (Å²) in [5, 5.41) is 23.9. The topological polar surface area (TPSA) is 176 Å². The largest absolute Gasteiger partial charge is 0.394 e. The zero-order chi connectivity index (χ0) is 22.1. The predicted octanol–water partition coefficient (Wildman–Crippen LogP) is 0.247. The van der Waals surface area contributed by atoms with Gasteiger partial charge in [-0.15, -0.1) is 0 Å². The summed E-state index contributed by atoms with van der Waals surface area (Å²) in [6.07, 6.45) is 0.762. The number of anilines is 1. The Hall–Kier alpha value is -3.71. The molecular formula is C17H17N5O7S. The number of rotatable bonds is 7. The number of hydrogen-bond donors (Lipinski definition) is 4. The molecule has 0 spiro atoms. The van der Waals surface area contributed by atoms with Crippen LogP contribution in [0.2, 0.25) is 0 Å². The van der Waals surface area contributed by atoms with Crippen LogP contribution in [0.15, 0.2) is 52.1 Å². The van der Waals surface area contributed by atoms with Gasteiger partial charge in [-0.1, -0.05) is 30.3 Å². The minimum absolute atomic E-state index is 0.0922. The minimum Gasteiger partial charge on any atom is -0.394 e. The maximum Gasteiger partial charge on any atom is 0.348 e. The van der Waals surface area contributed by atoms with Crippen LogP contribution in [0.25, 0.3) is 10.9 Å². The Morgan fingerprint density at radius 2 is 1.90 bits per heavy atom. The molecule has 0 aliphatic heterocycles. The Labute approximate surface area is 169 Å². The van der Waals surface area contributed by atoms with Gasteiger partial charge in [0.05, 0.1) is 34.7 Å². The number of nitrogens with zero attached hydrogens (tertiary/aromatic N) is 2. The number of aromatic nitrogens is 2. The quantitative estimate of drug-likeness (QED) is 0.301. The predicted molar refractivity (Wildman–Crippen MR) is 110 cm³/mol. The van der Waals surface area contributed by atoms with Crippen molar-refractivity contribution in [1.82, 2.24) is 9.66 Å². The van der Waals surface area contributed by atoms with Gasteiger partial charge >= 0.3 is 5.69 Å². The fourth-order valence-corrected chi connectivity index (χ4v) is 3.37. The summed E-state index contributed by atoms with van der Waals surface area (Å²) >= 11 is 0. The molecule has 3 rings (SSSR count). The lowest BCUT2D eigenvalue weighted by Crippen LogP contribution is -2.43. The van der Waals surface area contributed by atoms with Crippen LogP contribution in [0.3, 0.4) is 0 Å². The first-order valence-corrected chi connectivity index (χ1v) is 10.4. The molecule has 158 valence electrons. The molecule has 12 nitrogen and oxygen atoms in total. The molecule has 1 aromatic heterocycles. The highest BCUT2D eigenvalue weighted by Gasteiger charge is 2.22. The molecule has 13 heteroatoms. The van der Waals surface area contributed by atoms with Gasteiger partial charge in [0.15, 0.2) is 0 Å². The molecule has 0 aliphatic rings. The van der Waals surface area contributed by atoms with Gasteiger partial charge in [0, 0.05) is 6.07 Å². The van der Waals surface area contributed by atoms with Gasteiger partial charge in [0.1, 0.15) is 5.69 Å². The first kappa shape index (κ1) is 21.0. The molecule has 2 aromatic carbocycles. The number of nitro benzene ring substituents is 1. The first-order valence-electron chi connectivity index (χ1n) is 8.48. The molecule has 4 N–H and O–H groups in total. The first-order chi connectivity index (χ1) is 14.1. The molecule has 0 unspecified atom stereocenters. The SMILES string of the molecule is CS(=O)(=O)Nn1c(=O)[nH]c2cc([N+](=O)[O-])c(N[C@@H](CO)c3ccccc3)cc2c1=O. The maximum atomic E-state index is 12.7. The van der Waals surface area contributed by atoms with E-state index in [0.717, 1.165) is 18.4 Å². The Kier molecular flexibility index (Phi) is 5.58. The molecule has 0 aliphatic carbocycles. The van der Waals surface area contributed by atoms with E-state index in [0.29, 0.717) is 5.56 Å². The van der Waals surface area contributed by atoms with E-state index >= 15 is 0 Å². The van der Waals surface area contributed by atoms with Crippen molar-refractivity contribution in [3.8, 4) is 0 Å². The number of fused-ring (bicyclic) bond motifs is 1. The van der Waals surface area contributed by atoms with Gasteiger partial charge in [-0.2, -0.15) is 4.68 Å². The second kappa shape index (κ2) is 7.96. The van der Waals surface area contributed by atoms with Crippen molar-refractivity contribution in [3.63, 3.8) is 0 Å². The van der Waals surface area contributed by atoms with Crippen LogP contribution in [0.5, 0.6) is 0 Å². The Balaban J connectivity index is 2.20. The van der Waals surface area contributed by atoms with Gasteiger partial charge in [-0.05, 0) is 11.6 Å². The van der Waals surface area contributed by atoms with Crippen molar-refractivity contribution in [1.29, 1.82) is 0 Å². The molecule has 0 saturated heterocycles. The summed E-state index contributed by atoms with van der Waals surface area (Å²) in [5.41, 5.74) is -2.16. The van der Waals surface area contributed by atoms with Crippen LogP contribution in [-0.4, -0.2) is 41.0 Å². The second-order valence-corrected chi connectivity index (χ2v) is 8.12. The number of nitrogens with one attached hydrogen (secondary N) is 3. The normalized spacial score (nSPS) is 12.5. The molecule has 0 radical (unpaired) electrons. The third kappa shape index (κ3) is 4.31. The monoisotopic (exact) mass is 435 g/mol. The summed E-state index contributed by atoms with van der Waals surface area (Å²) in [5.74, 6) is 0. The average molecular weight is 435 g/mol. The van der Waals surface area contributed by atoms with Crippen LogP contribution in [0.4, 0.5) is 11.4 Å². The zero-order valence-electron chi connectivity index (χ0n) is 15.5. The number of hydrogen-bond acceptors (Lipinski definition) is 8. The highest BCUT2D eigenvalue weighted by atomic mass is 32.2. The highest BCUT2D eigenvalue weighted by molar-refractivity contribution is 7.91. The van der Waals surface area contributed by atoms with Crippen molar-refractivity contribution >= 4 is 32.3 Å². The highest BCUT2D eigenvalue weighted by Crippen LogP contribution is 2.31. The summed E-state index contributed by atoms with van der Waals surface area (Å²) in [7, 11) is -3.95. The van der Waals surface area contributed by atoms with E-state index in [1.807, 2.05) is 0 Å². The maximum absolute atomic E-state index is 12.7. The van der Waals surface area contributed by atoms with E-state index < -0.39 is 44.5 Å². The molecular weight excluding hydrogens is 418 g/mol. The number of aliphatic hydroxyl groups is 1. The molecule has 0 amide bonds. The number of benzene rings is 2. The molecule has 0 fully saturated rings. The fraction of sp³-hybridized carbons (Fsp3) is 0.176. The van der Waals surface area contributed by atoms with Crippen molar-refractivity contribution in [3.05, 3.63) is 79.0 Å². The van der Waals surface area contributed by atoms with Crippen molar-refractivity contribution in [2.45, 2.75) is 6.04 Å². The van der Waals surface area contributed by atoms with Crippen molar-refractivity contribution in [2.75, 3.05) is 23.0 Å². The standard InChI is InChI=1S/C17H17N5O7S/c1-30(28,29)20-21-16(24)11-7-13(15(22(26)27)8-12(11)19-17(21)25)18-14(9-23)10-5-3-2-4-6-10/h2-8,14,18,20,23H,9H2,1H3,(H,19,25)/t14-/m0/s1. The lowest BCUT2D eigenvalue weighted by molar-refractivity contribution is -0.383. The van der Waals surface area contributed by atoms with E-state index in [4.69, 9.17) is 0 Å². The number of aliphatic hydroxyl groups excluding tert-OH is 1. The third-order valence-electron chi connectivity index (χ3n) is 4.18. The minimum atomic E-state index is -3.95. The van der Waals surface area contributed by atoms with Gasteiger partial charge in [-0.3, -0.25) is 14.9 Å². The van der Waals surface area contributed by atoms with Crippen LogP contribution < -0.4 is 21.4 Å². The lowest BCUT2D eigenvalue weighted by Gasteiger charge is -2.18. The number of nitro groups is 1. The molecule has 0 saturated carbocycles. The van der Waals surface area contributed by atoms with Crippen LogP contribution >= 0.6 is 0 Å². The van der Waals surface area contributed by atoms with Crippen LogP contribution in [-0.2, 0) is 10.0 Å². The summed E-state index contributed by atoms with van der Waals surface area (Å²) in [4.78, 5) is 39.6. The number of H-pyrrole nitrogens is 1. The van der Waals surface area contributed by atoms with Gasteiger partial charge in [0.2, 0.25) is 10.0 Å². The molecule has 0 bridgehead atoms.